The molecule has 1 amide bonds. The van der Waals surface area contributed by atoms with Gasteiger partial charge in [0.2, 0.25) is 0 Å². The molecular weight excluding hydrogens is 226 g/mol. The molecule has 3 N–H and O–H groups in total. The van der Waals surface area contributed by atoms with Crippen LogP contribution in [0.25, 0.3) is 0 Å². The number of halogens is 1. The average molecular weight is 242 g/mol. The van der Waals surface area contributed by atoms with E-state index in [4.69, 9.17) is 17.3 Å². The number of hydrazine groups is 1. The summed E-state index contributed by atoms with van der Waals surface area (Å²) in [5.41, 5.74) is 9.37. The molecule has 0 saturated carbocycles. The van der Waals surface area contributed by atoms with Gasteiger partial charge in [-0.2, -0.15) is 0 Å². The molecule has 0 radical (unpaired) electrons. The van der Waals surface area contributed by atoms with E-state index in [1.54, 1.807) is 31.2 Å². The van der Waals surface area contributed by atoms with Gasteiger partial charge < -0.3 is 5.73 Å². The fourth-order valence-corrected chi connectivity index (χ4v) is 1.40. The molecule has 0 aromatic heterocycles. The Kier molecular flexibility index (Phi) is 4.73. The number of nitrogens with one attached hydrogen (secondary N) is 1. The first kappa shape index (κ1) is 13.0. The van der Waals surface area contributed by atoms with Gasteiger partial charge in [-0.15, -0.1) is 0 Å². The summed E-state index contributed by atoms with van der Waals surface area (Å²) in [5, 5.41) is 2.25. The molecule has 0 fully saturated rings. The predicted molar refractivity (Wildman–Crippen MR) is 65.0 cm³/mol. The lowest BCUT2D eigenvalue weighted by Gasteiger charge is -2.16. The maximum absolute atomic E-state index is 11.5. The van der Waals surface area contributed by atoms with E-state index < -0.39 is 6.04 Å². The highest BCUT2D eigenvalue weighted by Gasteiger charge is 2.14. The Morgan fingerprint density at radius 1 is 1.44 bits per heavy atom. The summed E-state index contributed by atoms with van der Waals surface area (Å²) in [7, 11) is 3.49. The van der Waals surface area contributed by atoms with Crippen molar-refractivity contribution >= 4 is 17.5 Å². The number of carbonyl (C=O) groups excluding carboxylic acids is 1. The van der Waals surface area contributed by atoms with Gasteiger partial charge in [-0.3, -0.25) is 10.2 Å². The minimum absolute atomic E-state index is 0.194. The van der Waals surface area contributed by atoms with Crippen LogP contribution in [0.2, 0.25) is 5.02 Å². The summed E-state index contributed by atoms with van der Waals surface area (Å²) >= 11 is 5.76. The number of hydrogen-bond donors (Lipinski definition) is 2. The molecule has 0 bridgehead atoms. The van der Waals surface area contributed by atoms with Crippen LogP contribution < -0.4 is 11.2 Å². The lowest BCUT2D eigenvalue weighted by Crippen LogP contribution is -2.47. The standard InChI is InChI=1S/C11H16ClN3O/c1-15(2)14-11(16)10(13)7-8-3-5-9(12)6-4-8/h3-6,10H,7,13H2,1-2H3,(H,14,16). The molecule has 4 nitrogen and oxygen atoms in total. The van der Waals surface area contributed by atoms with Crippen molar-refractivity contribution in [2.75, 3.05) is 14.1 Å². The second kappa shape index (κ2) is 5.84. The van der Waals surface area contributed by atoms with E-state index in [9.17, 15) is 4.79 Å². The van der Waals surface area contributed by atoms with Crippen LogP contribution in [0.1, 0.15) is 5.56 Å². The predicted octanol–water partition coefficient (Wildman–Crippen LogP) is 0.803. The van der Waals surface area contributed by atoms with Crippen molar-refractivity contribution in [2.24, 2.45) is 5.73 Å². The topological polar surface area (TPSA) is 58.4 Å². The Morgan fingerprint density at radius 3 is 2.50 bits per heavy atom. The molecule has 0 saturated heterocycles. The van der Waals surface area contributed by atoms with Crippen molar-refractivity contribution in [1.82, 2.24) is 10.4 Å². The van der Waals surface area contributed by atoms with E-state index in [0.29, 0.717) is 11.4 Å². The van der Waals surface area contributed by atoms with Gasteiger partial charge in [0, 0.05) is 19.1 Å². The van der Waals surface area contributed by atoms with Crippen molar-refractivity contribution in [1.29, 1.82) is 0 Å². The van der Waals surface area contributed by atoms with Gasteiger partial charge >= 0.3 is 0 Å². The molecule has 1 atom stereocenters. The number of benzene rings is 1. The summed E-state index contributed by atoms with van der Waals surface area (Å²) in [4.78, 5) is 11.5. The third-order valence-corrected chi connectivity index (χ3v) is 2.29. The maximum Gasteiger partial charge on any atom is 0.251 e. The Bertz CT molecular complexity index is 351. The molecule has 1 aromatic rings. The fourth-order valence-electron chi connectivity index (χ4n) is 1.27. The Hall–Kier alpha value is -1.10. The maximum atomic E-state index is 11.5. The zero-order valence-corrected chi connectivity index (χ0v) is 10.2. The zero-order valence-electron chi connectivity index (χ0n) is 9.40. The molecular formula is C11H16ClN3O. The van der Waals surface area contributed by atoms with E-state index in [-0.39, 0.29) is 5.91 Å². The van der Waals surface area contributed by atoms with E-state index >= 15 is 0 Å². The fraction of sp³-hybridized carbons (Fsp3) is 0.364. The summed E-state index contributed by atoms with van der Waals surface area (Å²) in [5.74, 6) is -0.194. The normalized spacial score (nSPS) is 12.6. The molecule has 5 heteroatoms. The van der Waals surface area contributed by atoms with E-state index in [1.165, 1.54) is 0 Å². The first-order valence-electron chi connectivity index (χ1n) is 4.97. The van der Waals surface area contributed by atoms with Crippen LogP contribution in [0.15, 0.2) is 24.3 Å². The van der Waals surface area contributed by atoms with Gasteiger partial charge in [-0.1, -0.05) is 23.7 Å². The van der Waals surface area contributed by atoms with Crippen molar-refractivity contribution in [3.05, 3.63) is 34.9 Å². The molecule has 0 aliphatic heterocycles. The van der Waals surface area contributed by atoms with Crippen LogP contribution in [0.4, 0.5) is 0 Å². The minimum Gasteiger partial charge on any atom is -0.320 e. The third kappa shape index (κ3) is 4.18. The highest BCUT2D eigenvalue weighted by molar-refractivity contribution is 6.30. The summed E-state index contributed by atoms with van der Waals surface area (Å²) in [6, 6.07) is 6.75. The zero-order chi connectivity index (χ0) is 12.1. The van der Waals surface area contributed by atoms with Crippen LogP contribution in [-0.4, -0.2) is 31.1 Å². The summed E-state index contributed by atoms with van der Waals surface area (Å²) < 4.78 is 0. The molecule has 1 rings (SSSR count). The average Bonchev–Trinajstić information content (AvgIpc) is 2.20. The van der Waals surface area contributed by atoms with Gasteiger partial charge in [0.1, 0.15) is 0 Å². The Balaban J connectivity index is 2.53. The minimum atomic E-state index is -0.552. The Labute approximate surface area is 100 Å². The lowest BCUT2D eigenvalue weighted by molar-refractivity contribution is -0.126. The lowest BCUT2D eigenvalue weighted by atomic mass is 10.1. The monoisotopic (exact) mass is 241 g/mol. The van der Waals surface area contributed by atoms with Crippen molar-refractivity contribution < 1.29 is 4.79 Å². The number of hydrogen-bond acceptors (Lipinski definition) is 3. The van der Waals surface area contributed by atoms with Crippen LogP contribution in [0.3, 0.4) is 0 Å². The molecule has 16 heavy (non-hydrogen) atoms. The highest BCUT2D eigenvalue weighted by Crippen LogP contribution is 2.10. The largest absolute Gasteiger partial charge is 0.320 e. The number of carbonyl (C=O) groups is 1. The Morgan fingerprint density at radius 2 is 2.00 bits per heavy atom. The molecule has 0 spiro atoms. The second-order valence-corrected chi connectivity index (χ2v) is 4.24. The van der Waals surface area contributed by atoms with Crippen molar-refractivity contribution in [3.8, 4) is 0 Å². The van der Waals surface area contributed by atoms with Gasteiger partial charge in [-0.25, -0.2) is 5.01 Å². The van der Waals surface area contributed by atoms with Crippen LogP contribution in [0.5, 0.6) is 0 Å². The number of nitrogens with zero attached hydrogens (tertiary/aromatic N) is 1. The van der Waals surface area contributed by atoms with Crippen LogP contribution >= 0.6 is 11.6 Å². The molecule has 0 aliphatic carbocycles. The van der Waals surface area contributed by atoms with E-state index in [1.807, 2.05) is 12.1 Å². The second-order valence-electron chi connectivity index (χ2n) is 3.81. The molecule has 0 heterocycles. The van der Waals surface area contributed by atoms with E-state index in [2.05, 4.69) is 5.43 Å². The molecule has 1 unspecified atom stereocenters. The van der Waals surface area contributed by atoms with Crippen molar-refractivity contribution in [2.45, 2.75) is 12.5 Å². The van der Waals surface area contributed by atoms with Crippen LogP contribution in [0, 0.1) is 0 Å². The molecule has 1 aromatic carbocycles. The number of nitrogens with two attached hydrogens (primary N) is 1. The van der Waals surface area contributed by atoms with Gasteiger partial charge in [0.25, 0.3) is 5.91 Å². The number of rotatable bonds is 4. The summed E-state index contributed by atoms with van der Waals surface area (Å²) in [6.07, 6.45) is 0.497. The molecule has 88 valence electrons. The van der Waals surface area contributed by atoms with Gasteiger partial charge in [0.05, 0.1) is 6.04 Å². The van der Waals surface area contributed by atoms with Crippen LogP contribution in [-0.2, 0) is 11.2 Å². The molecule has 0 aliphatic rings. The first-order valence-corrected chi connectivity index (χ1v) is 5.34. The van der Waals surface area contributed by atoms with Gasteiger partial charge in [0.15, 0.2) is 0 Å². The van der Waals surface area contributed by atoms with Gasteiger partial charge in [-0.05, 0) is 24.1 Å². The SMILES string of the molecule is CN(C)NC(=O)C(N)Cc1ccc(Cl)cc1. The highest BCUT2D eigenvalue weighted by atomic mass is 35.5. The van der Waals surface area contributed by atoms with Crippen molar-refractivity contribution in [3.63, 3.8) is 0 Å². The number of amides is 1. The summed E-state index contributed by atoms with van der Waals surface area (Å²) in [6.45, 7) is 0. The third-order valence-electron chi connectivity index (χ3n) is 2.04. The van der Waals surface area contributed by atoms with E-state index in [0.717, 1.165) is 5.56 Å². The first-order chi connectivity index (χ1) is 7.49. The quantitative estimate of drug-likeness (QED) is 0.767. The smallest absolute Gasteiger partial charge is 0.251 e.